The SMILES string of the molecule is CC(NC(=O)CN(C)CCCCCO)c1cccs1. The number of nitrogens with one attached hydrogen (secondary N) is 1. The van der Waals surface area contributed by atoms with Crippen molar-refractivity contribution in [1.82, 2.24) is 10.2 Å². The number of carbonyl (C=O) groups excluding carboxylic acids is 1. The van der Waals surface area contributed by atoms with Gasteiger partial charge >= 0.3 is 0 Å². The summed E-state index contributed by atoms with van der Waals surface area (Å²) >= 11 is 1.66. The zero-order valence-corrected chi connectivity index (χ0v) is 12.6. The molecule has 4 nitrogen and oxygen atoms in total. The van der Waals surface area contributed by atoms with E-state index < -0.39 is 0 Å². The lowest BCUT2D eigenvalue weighted by atomic mass is 10.2. The number of hydrogen-bond acceptors (Lipinski definition) is 4. The van der Waals surface area contributed by atoms with Crippen molar-refractivity contribution in [1.29, 1.82) is 0 Å². The van der Waals surface area contributed by atoms with Crippen LogP contribution in [0.1, 0.15) is 37.1 Å². The monoisotopic (exact) mass is 284 g/mol. The lowest BCUT2D eigenvalue weighted by Crippen LogP contribution is -2.36. The average molecular weight is 284 g/mol. The first-order valence-electron chi connectivity index (χ1n) is 6.75. The molecule has 1 heterocycles. The van der Waals surface area contributed by atoms with Gasteiger partial charge in [-0.15, -0.1) is 11.3 Å². The third-order valence-corrected chi connectivity index (χ3v) is 4.01. The van der Waals surface area contributed by atoms with E-state index in [-0.39, 0.29) is 18.6 Å². The molecule has 1 unspecified atom stereocenters. The molecule has 1 aromatic rings. The lowest BCUT2D eigenvalue weighted by molar-refractivity contribution is -0.122. The largest absolute Gasteiger partial charge is 0.396 e. The Morgan fingerprint density at radius 2 is 2.26 bits per heavy atom. The predicted molar refractivity (Wildman–Crippen MR) is 79.3 cm³/mol. The van der Waals surface area contributed by atoms with Gasteiger partial charge in [-0.3, -0.25) is 9.69 Å². The van der Waals surface area contributed by atoms with Crippen LogP contribution in [0.5, 0.6) is 0 Å². The Kier molecular flexibility index (Phi) is 7.70. The van der Waals surface area contributed by atoms with Gasteiger partial charge in [-0.1, -0.05) is 6.07 Å². The summed E-state index contributed by atoms with van der Waals surface area (Å²) in [6.07, 6.45) is 2.87. The number of unbranched alkanes of at least 4 members (excludes halogenated alkanes) is 2. The van der Waals surface area contributed by atoms with E-state index in [4.69, 9.17) is 5.11 Å². The Hall–Kier alpha value is -0.910. The highest BCUT2D eigenvalue weighted by atomic mass is 32.1. The van der Waals surface area contributed by atoms with Crippen LogP contribution in [0, 0.1) is 0 Å². The number of amides is 1. The van der Waals surface area contributed by atoms with Crippen LogP contribution >= 0.6 is 11.3 Å². The fourth-order valence-electron chi connectivity index (χ4n) is 1.89. The first kappa shape index (κ1) is 16.1. The van der Waals surface area contributed by atoms with E-state index in [0.29, 0.717) is 6.54 Å². The van der Waals surface area contributed by atoms with Crippen LogP contribution in [-0.4, -0.2) is 42.7 Å². The molecule has 0 aromatic carbocycles. The Bertz CT molecular complexity index is 354. The summed E-state index contributed by atoms with van der Waals surface area (Å²) in [6, 6.07) is 4.11. The molecule has 19 heavy (non-hydrogen) atoms. The zero-order valence-electron chi connectivity index (χ0n) is 11.8. The van der Waals surface area contributed by atoms with Gasteiger partial charge in [0.15, 0.2) is 0 Å². The molecule has 1 atom stereocenters. The minimum Gasteiger partial charge on any atom is -0.396 e. The zero-order chi connectivity index (χ0) is 14.1. The second-order valence-corrected chi connectivity index (χ2v) is 5.81. The quantitative estimate of drug-likeness (QED) is 0.682. The number of likely N-dealkylation sites (N-methyl/N-ethyl adjacent to an activating group) is 1. The molecule has 1 rings (SSSR count). The van der Waals surface area contributed by atoms with Crippen LogP contribution in [0.15, 0.2) is 17.5 Å². The smallest absolute Gasteiger partial charge is 0.234 e. The second kappa shape index (κ2) is 9.07. The topological polar surface area (TPSA) is 52.6 Å². The Morgan fingerprint density at radius 3 is 2.89 bits per heavy atom. The summed E-state index contributed by atoms with van der Waals surface area (Å²) < 4.78 is 0. The fourth-order valence-corrected chi connectivity index (χ4v) is 2.62. The first-order valence-corrected chi connectivity index (χ1v) is 7.63. The van der Waals surface area contributed by atoms with Crippen molar-refractivity contribution < 1.29 is 9.90 Å². The molecule has 0 spiro atoms. The first-order chi connectivity index (χ1) is 9.13. The number of nitrogens with zero attached hydrogens (tertiary/aromatic N) is 1. The van der Waals surface area contributed by atoms with E-state index >= 15 is 0 Å². The molecule has 1 aromatic heterocycles. The summed E-state index contributed by atoms with van der Waals surface area (Å²) in [7, 11) is 1.95. The van der Waals surface area contributed by atoms with E-state index in [1.807, 2.05) is 36.4 Å². The molecule has 0 bridgehead atoms. The molecule has 0 radical (unpaired) electrons. The van der Waals surface area contributed by atoms with Crippen molar-refractivity contribution in [3.8, 4) is 0 Å². The van der Waals surface area contributed by atoms with Crippen molar-refractivity contribution >= 4 is 17.2 Å². The molecule has 0 saturated carbocycles. The van der Waals surface area contributed by atoms with Gasteiger partial charge in [0.2, 0.25) is 5.91 Å². The highest BCUT2D eigenvalue weighted by Crippen LogP contribution is 2.17. The number of thiophene rings is 1. The van der Waals surface area contributed by atoms with Gasteiger partial charge in [0.05, 0.1) is 12.6 Å². The van der Waals surface area contributed by atoms with E-state index in [0.717, 1.165) is 25.8 Å². The number of aliphatic hydroxyl groups is 1. The maximum Gasteiger partial charge on any atom is 0.234 e. The third-order valence-electron chi connectivity index (χ3n) is 2.96. The average Bonchev–Trinajstić information content (AvgIpc) is 2.88. The molecule has 0 aliphatic carbocycles. The minimum atomic E-state index is 0.0607. The lowest BCUT2D eigenvalue weighted by Gasteiger charge is -2.18. The Morgan fingerprint density at radius 1 is 1.47 bits per heavy atom. The fraction of sp³-hybridized carbons (Fsp3) is 0.643. The summed E-state index contributed by atoms with van der Waals surface area (Å²) in [6.45, 7) is 3.57. The Labute approximate surface area is 119 Å². The van der Waals surface area contributed by atoms with Gasteiger partial charge in [-0.05, 0) is 51.2 Å². The van der Waals surface area contributed by atoms with Crippen LogP contribution in [0.2, 0.25) is 0 Å². The predicted octanol–water partition coefficient (Wildman–Crippen LogP) is 2.02. The van der Waals surface area contributed by atoms with Gasteiger partial charge in [-0.2, -0.15) is 0 Å². The van der Waals surface area contributed by atoms with Gasteiger partial charge in [0.25, 0.3) is 0 Å². The van der Waals surface area contributed by atoms with Crippen molar-refractivity contribution in [2.75, 3.05) is 26.7 Å². The van der Waals surface area contributed by atoms with Crippen molar-refractivity contribution in [2.45, 2.75) is 32.2 Å². The molecular weight excluding hydrogens is 260 g/mol. The standard InChI is InChI=1S/C14H24N2O2S/c1-12(13-7-6-10-19-13)15-14(18)11-16(2)8-4-3-5-9-17/h6-7,10,12,17H,3-5,8-9,11H2,1-2H3,(H,15,18). The van der Waals surface area contributed by atoms with Gasteiger partial charge in [-0.25, -0.2) is 0 Å². The summed E-state index contributed by atoms with van der Waals surface area (Å²) in [4.78, 5) is 15.1. The molecule has 1 amide bonds. The van der Waals surface area contributed by atoms with Crippen molar-refractivity contribution in [3.63, 3.8) is 0 Å². The molecule has 0 aliphatic rings. The number of aliphatic hydroxyl groups excluding tert-OH is 1. The molecule has 0 saturated heterocycles. The second-order valence-electron chi connectivity index (χ2n) is 4.83. The minimum absolute atomic E-state index is 0.0607. The van der Waals surface area contributed by atoms with Gasteiger partial charge in [0, 0.05) is 11.5 Å². The van der Waals surface area contributed by atoms with Crippen LogP contribution < -0.4 is 5.32 Å². The normalized spacial score (nSPS) is 12.6. The van der Waals surface area contributed by atoms with Crippen LogP contribution in [0.4, 0.5) is 0 Å². The molecule has 0 fully saturated rings. The number of carbonyl (C=O) groups is 1. The molecule has 0 aliphatic heterocycles. The van der Waals surface area contributed by atoms with Gasteiger partial charge in [0.1, 0.15) is 0 Å². The molecule has 2 N–H and O–H groups in total. The van der Waals surface area contributed by atoms with E-state index in [9.17, 15) is 4.79 Å². The summed E-state index contributed by atoms with van der Waals surface area (Å²) in [5, 5.41) is 13.7. The van der Waals surface area contributed by atoms with E-state index in [1.54, 1.807) is 11.3 Å². The highest BCUT2D eigenvalue weighted by molar-refractivity contribution is 7.10. The van der Waals surface area contributed by atoms with E-state index in [2.05, 4.69) is 5.32 Å². The van der Waals surface area contributed by atoms with Crippen LogP contribution in [0.3, 0.4) is 0 Å². The number of hydrogen-bond donors (Lipinski definition) is 2. The molecular formula is C14H24N2O2S. The van der Waals surface area contributed by atoms with E-state index in [1.165, 1.54) is 4.88 Å². The maximum absolute atomic E-state index is 11.9. The van der Waals surface area contributed by atoms with Crippen LogP contribution in [-0.2, 0) is 4.79 Å². The van der Waals surface area contributed by atoms with Crippen molar-refractivity contribution in [2.24, 2.45) is 0 Å². The maximum atomic E-state index is 11.9. The highest BCUT2D eigenvalue weighted by Gasteiger charge is 2.11. The third kappa shape index (κ3) is 6.71. The van der Waals surface area contributed by atoms with Gasteiger partial charge < -0.3 is 10.4 Å². The Balaban J connectivity index is 2.19. The summed E-state index contributed by atoms with van der Waals surface area (Å²) in [5.41, 5.74) is 0. The number of rotatable bonds is 9. The molecule has 108 valence electrons. The van der Waals surface area contributed by atoms with Crippen molar-refractivity contribution in [3.05, 3.63) is 22.4 Å². The molecule has 5 heteroatoms. The van der Waals surface area contributed by atoms with Crippen LogP contribution in [0.25, 0.3) is 0 Å². The summed E-state index contributed by atoms with van der Waals surface area (Å²) in [5.74, 6) is 0.0607.